The fourth-order valence-corrected chi connectivity index (χ4v) is 2.58. The van der Waals surface area contributed by atoms with Crippen molar-refractivity contribution in [2.45, 2.75) is 32.0 Å². The number of rotatable bonds is 7. The maximum absolute atomic E-state index is 13.1. The minimum absolute atomic E-state index is 0.260. The Balaban J connectivity index is 1.76. The van der Waals surface area contributed by atoms with Crippen LogP contribution in [-0.4, -0.2) is 13.2 Å². The van der Waals surface area contributed by atoms with E-state index in [4.69, 9.17) is 21.1 Å². The van der Waals surface area contributed by atoms with Crippen molar-refractivity contribution >= 4 is 11.6 Å². The van der Waals surface area contributed by atoms with Crippen LogP contribution in [0, 0.1) is 5.82 Å². The molecule has 1 saturated carbocycles. The molecule has 2 aromatic carbocycles. The van der Waals surface area contributed by atoms with E-state index in [-0.39, 0.29) is 12.4 Å². The van der Waals surface area contributed by atoms with Gasteiger partial charge in [0.15, 0.2) is 11.5 Å². The molecule has 0 aliphatic heterocycles. The monoisotopic (exact) mass is 335 g/mol. The average molecular weight is 336 g/mol. The zero-order chi connectivity index (χ0) is 16.2. The Hall–Kier alpha value is -1.78. The van der Waals surface area contributed by atoms with E-state index in [1.165, 1.54) is 25.0 Å². The summed E-state index contributed by atoms with van der Waals surface area (Å²) in [5, 5.41) is 3.83. The summed E-state index contributed by atoms with van der Waals surface area (Å²) in [4.78, 5) is 0. The van der Waals surface area contributed by atoms with Gasteiger partial charge in [0, 0.05) is 23.7 Å². The molecule has 23 heavy (non-hydrogen) atoms. The van der Waals surface area contributed by atoms with Crippen LogP contribution in [0.2, 0.25) is 5.02 Å². The van der Waals surface area contributed by atoms with E-state index in [0.717, 1.165) is 17.7 Å². The van der Waals surface area contributed by atoms with Gasteiger partial charge in [0.2, 0.25) is 0 Å². The number of para-hydroxylation sites is 1. The number of hydrogen-bond acceptors (Lipinski definition) is 3. The Bertz CT molecular complexity index is 689. The summed E-state index contributed by atoms with van der Waals surface area (Å²) in [5.74, 6) is 1.02. The van der Waals surface area contributed by atoms with Gasteiger partial charge in [-0.25, -0.2) is 4.39 Å². The lowest BCUT2D eigenvalue weighted by Crippen LogP contribution is -2.16. The summed E-state index contributed by atoms with van der Waals surface area (Å²) in [6.07, 6.45) is 2.46. The van der Waals surface area contributed by atoms with Gasteiger partial charge in [-0.15, -0.1) is 0 Å². The largest absolute Gasteiger partial charge is 0.493 e. The first-order chi connectivity index (χ1) is 11.2. The molecule has 3 nitrogen and oxygen atoms in total. The number of ether oxygens (including phenoxy) is 2. The molecule has 1 aliphatic carbocycles. The molecule has 0 amide bonds. The highest BCUT2D eigenvalue weighted by molar-refractivity contribution is 6.31. The van der Waals surface area contributed by atoms with Crippen molar-refractivity contribution in [3.05, 3.63) is 58.4 Å². The second-order valence-corrected chi connectivity index (χ2v) is 6.04. The molecule has 1 aliphatic rings. The average Bonchev–Trinajstić information content (AvgIpc) is 3.36. The van der Waals surface area contributed by atoms with E-state index in [9.17, 15) is 4.39 Å². The third-order valence-corrected chi connectivity index (χ3v) is 4.18. The van der Waals surface area contributed by atoms with Gasteiger partial charge in [-0.2, -0.15) is 0 Å². The van der Waals surface area contributed by atoms with Crippen LogP contribution in [-0.2, 0) is 13.2 Å². The number of nitrogens with one attached hydrogen (secondary N) is 1. The van der Waals surface area contributed by atoms with Crippen molar-refractivity contribution in [1.29, 1.82) is 0 Å². The molecule has 3 rings (SSSR count). The molecule has 0 radical (unpaired) electrons. The van der Waals surface area contributed by atoms with E-state index >= 15 is 0 Å². The highest BCUT2D eigenvalue weighted by atomic mass is 35.5. The third-order valence-electron chi connectivity index (χ3n) is 3.83. The van der Waals surface area contributed by atoms with Crippen LogP contribution in [0.25, 0.3) is 0 Å². The van der Waals surface area contributed by atoms with Crippen LogP contribution >= 0.6 is 11.6 Å². The normalized spacial score (nSPS) is 13.9. The molecule has 0 aromatic heterocycles. The van der Waals surface area contributed by atoms with Crippen molar-refractivity contribution in [2.75, 3.05) is 7.11 Å². The predicted molar refractivity (Wildman–Crippen MR) is 88.6 cm³/mol. The lowest BCUT2D eigenvalue weighted by Gasteiger charge is -2.16. The molecule has 0 bridgehead atoms. The molecule has 5 heteroatoms. The molecule has 0 heterocycles. The standard InChI is InChI=1S/C18H19ClFNO2/c1-22-17-4-2-3-12(10-21-15-7-8-15)18(17)23-11-13-5-6-14(20)9-16(13)19/h2-6,9,15,21H,7-8,10-11H2,1H3. The number of benzene rings is 2. The SMILES string of the molecule is COc1cccc(CNC2CC2)c1OCc1ccc(F)cc1Cl. The van der Waals surface area contributed by atoms with Crippen LogP contribution in [0.3, 0.4) is 0 Å². The summed E-state index contributed by atoms with van der Waals surface area (Å²) in [7, 11) is 1.62. The van der Waals surface area contributed by atoms with Gasteiger partial charge in [0.05, 0.1) is 12.1 Å². The van der Waals surface area contributed by atoms with Crippen molar-refractivity contribution in [3.63, 3.8) is 0 Å². The molecule has 2 aromatic rings. The fourth-order valence-electron chi connectivity index (χ4n) is 2.36. The maximum Gasteiger partial charge on any atom is 0.166 e. The van der Waals surface area contributed by atoms with Crippen LogP contribution in [0.4, 0.5) is 4.39 Å². The number of hydrogen-bond donors (Lipinski definition) is 1. The lowest BCUT2D eigenvalue weighted by atomic mass is 10.1. The Kier molecular flexibility index (Phi) is 5.03. The smallest absolute Gasteiger partial charge is 0.166 e. The fraction of sp³-hybridized carbons (Fsp3) is 0.333. The zero-order valence-electron chi connectivity index (χ0n) is 12.9. The highest BCUT2D eigenvalue weighted by Gasteiger charge is 2.21. The van der Waals surface area contributed by atoms with Gasteiger partial charge in [-0.05, 0) is 31.0 Å². The Morgan fingerprint density at radius 1 is 1.22 bits per heavy atom. The quantitative estimate of drug-likeness (QED) is 0.817. The van der Waals surface area contributed by atoms with E-state index in [1.807, 2.05) is 18.2 Å². The van der Waals surface area contributed by atoms with Gasteiger partial charge < -0.3 is 14.8 Å². The number of halogens is 2. The summed E-state index contributed by atoms with van der Waals surface area (Å²) in [6, 6.07) is 10.7. The van der Waals surface area contributed by atoms with Gasteiger partial charge >= 0.3 is 0 Å². The Labute approximate surface area is 140 Å². The van der Waals surface area contributed by atoms with Gasteiger partial charge in [0.1, 0.15) is 12.4 Å². The summed E-state index contributed by atoms with van der Waals surface area (Å²) >= 11 is 6.06. The number of methoxy groups -OCH3 is 1. The van der Waals surface area contributed by atoms with E-state index in [0.29, 0.717) is 22.6 Å². The van der Waals surface area contributed by atoms with Crippen LogP contribution in [0.5, 0.6) is 11.5 Å². The highest BCUT2D eigenvalue weighted by Crippen LogP contribution is 2.33. The molecule has 0 unspecified atom stereocenters. The first-order valence-corrected chi connectivity index (χ1v) is 8.01. The topological polar surface area (TPSA) is 30.5 Å². The summed E-state index contributed by atoms with van der Waals surface area (Å²) in [5.41, 5.74) is 1.77. The van der Waals surface area contributed by atoms with Gasteiger partial charge in [-0.1, -0.05) is 29.8 Å². The first kappa shape index (κ1) is 16.1. The minimum Gasteiger partial charge on any atom is -0.493 e. The van der Waals surface area contributed by atoms with Crippen molar-refractivity contribution in [3.8, 4) is 11.5 Å². The second-order valence-electron chi connectivity index (χ2n) is 5.63. The van der Waals surface area contributed by atoms with Gasteiger partial charge in [-0.3, -0.25) is 0 Å². The lowest BCUT2D eigenvalue weighted by molar-refractivity contribution is 0.280. The minimum atomic E-state index is -0.356. The molecule has 0 atom stereocenters. The molecular weight excluding hydrogens is 317 g/mol. The maximum atomic E-state index is 13.1. The predicted octanol–water partition coefficient (Wildman–Crippen LogP) is 4.32. The third kappa shape index (κ3) is 4.15. The second kappa shape index (κ2) is 7.20. The van der Waals surface area contributed by atoms with Crippen LogP contribution in [0.1, 0.15) is 24.0 Å². The summed E-state index contributed by atoms with van der Waals surface area (Å²) in [6.45, 7) is 0.990. The first-order valence-electron chi connectivity index (χ1n) is 7.63. The Morgan fingerprint density at radius 3 is 2.74 bits per heavy atom. The summed E-state index contributed by atoms with van der Waals surface area (Å²) < 4.78 is 24.5. The molecule has 0 spiro atoms. The van der Waals surface area contributed by atoms with Crippen molar-refractivity contribution in [1.82, 2.24) is 5.32 Å². The zero-order valence-corrected chi connectivity index (χ0v) is 13.7. The molecule has 1 fully saturated rings. The van der Waals surface area contributed by atoms with Crippen LogP contribution in [0.15, 0.2) is 36.4 Å². The molecule has 1 N–H and O–H groups in total. The van der Waals surface area contributed by atoms with E-state index in [2.05, 4.69) is 5.32 Å². The van der Waals surface area contributed by atoms with Gasteiger partial charge in [0.25, 0.3) is 0 Å². The molecular formula is C18H19ClFNO2. The van der Waals surface area contributed by atoms with E-state index < -0.39 is 0 Å². The van der Waals surface area contributed by atoms with Crippen molar-refractivity contribution in [2.24, 2.45) is 0 Å². The molecule has 0 saturated heterocycles. The van der Waals surface area contributed by atoms with Crippen LogP contribution < -0.4 is 14.8 Å². The van der Waals surface area contributed by atoms with Crippen molar-refractivity contribution < 1.29 is 13.9 Å². The molecule has 122 valence electrons. The Morgan fingerprint density at radius 2 is 2.04 bits per heavy atom. The van der Waals surface area contributed by atoms with E-state index in [1.54, 1.807) is 13.2 Å².